The van der Waals surface area contributed by atoms with Crippen LogP contribution in [0.25, 0.3) is 0 Å². The quantitative estimate of drug-likeness (QED) is 0.132. The minimum atomic E-state index is -1.46. The van der Waals surface area contributed by atoms with Gasteiger partial charge in [-0.3, -0.25) is 38.4 Å². The van der Waals surface area contributed by atoms with E-state index in [0.29, 0.717) is 41.1 Å². The van der Waals surface area contributed by atoms with Crippen LogP contribution in [0.2, 0.25) is 0 Å². The number of aliphatic hydroxyl groups is 2. The minimum Gasteiger partial charge on any atom is -0.462 e. The number of carbonyl (C=O) groups is 8. The lowest BCUT2D eigenvalue weighted by molar-refractivity contribution is -0.199. The average Bonchev–Trinajstić information content (AvgIpc) is 1.91. The lowest BCUT2D eigenvalue weighted by Gasteiger charge is -2.63. The SMILES string of the molecule is C.CC(=O)OC1CC2C(CCC3CC(O)CCC32C)C2CCC(C(C)(C)C)C12C.CCC(C)C1NC(=O)C(Cc2ccccc2)NC(=O)C(CCN)NC(=O)C(NC)CCNC(=O)C(C(C)O)NC(=O)C(CN)NC(=O)C(CCN)NC1=O. The van der Waals surface area contributed by atoms with E-state index in [1.54, 1.807) is 44.2 Å². The Balaban J connectivity index is 0.000000423. The van der Waals surface area contributed by atoms with E-state index in [0.717, 1.165) is 31.6 Å². The van der Waals surface area contributed by atoms with Crippen molar-refractivity contribution >= 4 is 47.3 Å². The third-order valence-electron chi connectivity index (χ3n) is 19.3. The summed E-state index contributed by atoms with van der Waals surface area (Å²) in [6, 6.07) is 0.325. The van der Waals surface area contributed by atoms with Gasteiger partial charge in [0.05, 0.1) is 18.2 Å². The fourth-order valence-electron chi connectivity index (χ4n) is 14.6. The summed E-state index contributed by atoms with van der Waals surface area (Å²) in [6.45, 7) is 18.0. The van der Waals surface area contributed by atoms with Crippen molar-refractivity contribution < 1.29 is 53.3 Å². The topological polar surface area (TPSA) is 361 Å². The zero-order valence-corrected chi connectivity index (χ0v) is 50.4. The number of nitrogens with two attached hydrogens (primary N) is 3. The second-order valence-electron chi connectivity index (χ2n) is 25.6. The van der Waals surface area contributed by atoms with Crippen LogP contribution in [0, 0.1) is 51.8 Å². The van der Waals surface area contributed by atoms with Crippen molar-refractivity contribution in [1.82, 2.24) is 42.5 Å². The molecule has 16 N–H and O–H groups in total. The number of benzene rings is 1. The van der Waals surface area contributed by atoms with Crippen LogP contribution in [0.15, 0.2) is 30.3 Å². The van der Waals surface area contributed by atoms with Crippen LogP contribution in [0.3, 0.4) is 0 Å². The lowest BCUT2D eigenvalue weighted by atomic mass is 9.43. The summed E-state index contributed by atoms with van der Waals surface area (Å²) in [5.74, 6) is -2.41. The van der Waals surface area contributed by atoms with E-state index in [4.69, 9.17) is 21.9 Å². The van der Waals surface area contributed by atoms with Crippen molar-refractivity contribution in [2.24, 2.45) is 69.0 Å². The number of esters is 1. The fraction of sp³-hybridized carbons (Fsp3) is 0.770. The van der Waals surface area contributed by atoms with Gasteiger partial charge >= 0.3 is 5.97 Å². The third kappa shape index (κ3) is 17.4. The van der Waals surface area contributed by atoms with E-state index in [2.05, 4.69) is 77.2 Å². The van der Waals surface area contributed by atoms with Crippen LogP contribution in [-0.2, 0) is 49.5 Å². The maximum absolute atomic E-state index is 14.0. The fourth-order valence-corrected chi connectivity index (χ4v) is 14.6. The van der Waals surface area contributed by atoms with Gasteiger partial charge in [0.1, 0.15) is 42.4 Å². The zero-order chi connectivity index (χ0) is 60.9. The number of hydrogen-bond donors (Lipinski definition) is 13. The van der Waals surface area contributed by atoms with E-state index in [1.165, 1.54) is 39.7 Å². The molecule has 6 rings (SSSR count). The first-order valence-electron chi connectivity index (χ1n) is 30.1. The molecule has 4 aliphatic carbocycles. The molecule has 470 valence electrons. The van der Waals surface area contributed by atoms with Crippen LogP contribution in [-0.4, -0.2) is 151 Å². The lowest BCUT2D eigenvalue weighted by Crippen LogP contribution is -2.62. The van der Waals surface area contributed by atoms with Crippen molar-refractivity contribution in [2.45, 2.75) is 214 Å². The molecule has 1 saturated heterocycles. The van der Waals surface area contributed by atoms with Crippen molar-refractivity contribution in [2.75, 3.05) is 33.2 Å². The maximum atomic E-state index is 14.0. The second-order valence-corrected chi connectivity index (χ2v) is 25.6. The van der Waals surface area contributed by atoms with Gasteiger partial charge in [-0.05, 0) is 150 Å². The molecule has 18 unspecified atom stereocenters. The predicted molar refractivity (Wildman–Crippen MR) is 318 cm³/mol. The summed E-state index contributed by atoms with van der Waals surface area (Å²) in [6.07, 6.45) is 8.28. The van der Waals surface area contributed by atoms with Gasteiger partial charge in [-0.25, -0.2) is 0 Å². The van der Waals surface area contributed by atoms with Crippen molar-refractivity contribution in [3.05, 3.63) is 35.9 Å². The molecule has 0 radical (unpaired) electrons. The van der Waals surface area contributed by atoms with Gasteiger partial charge in [0, 0.05) is 31.8 Å². The Morgan fingerprint density at radius 1 is 0.723 bits per heavy atom. The van der Waals surface area contributed by atoms with Gasteiger partial charge in [0.2, 0.25) is 41.4 Å². The Morgan fingerprint density at radius 3 is 1.84 bits per heavy atom. The molecule has 1 heterocycles. The van der Waals surface area contributed by atoms with Gasteiger partial charge < -0.3 is 74.7 Å². The molecule has 0 aromatic heterocycles. The van der Waals surface area contributed by atoms with Crippen molar-refractivity contribution in [1.29, 1.82) is 0 Å². The summed E-state index contributed by atoms with van der Waals surface area (Å²) >= 11 is 0. The monoisotopic (exact) mass is 1170 g/mol. The number of likely N-dealkylation sites (N-methyl/N-ethyl adjacent to an activating group) is 1. The molecule has 1 aromatic rings. The molecular weight excluding hydrogens is 1060 g/mol. The molecule has 1 aliphatic heterocycles. The van der Waals surface area contributed by atoms with Crippen molar-refractivity contribution in [3.63, 3.8) is 0 Å². The van der Waals surface area contributed by atoms with E-state index in [9.17, 15) is 48.6 Å². The predicted octanol–water partition coefficient (Wildman–Crippen LogP) is 1.56. The molecule has 18 atom stereocenters. The maximum Gasteiger partial charge on any atom is 0.302 e. The molecule has 5 fully saturated rings. The van der Waals surface area contributed by atoms with Crippen LogP contribution in [0.4, 0.5) is 0 Å². The van der Waals surface area contributed by atoms with E-state index in [-0.39, 0.29) is 81.8 Å². The number of carbonyl (C=O) groups excluding carboxylic acids is 8. The molecule has 5 aliphatic rings. The molecular formula is C61H105N11O11. The van der Waals surface area contributed by atoms with Crippen molar-refractivity contribution in [3.8, 4) is 0 Å². The van der Waals surface area contributed by atoms with Gasteiger partial charge in [-0.2, -0.15) is 0 Å². The van der Waals surface area contributed by atoms with Gasteiger partial charge in [-0.15, -0.1) is 0 Å². The molecule has 1 aromatic carbocycles. The highest BCUT2D eigenvalue weighted by molar-refractivity contribution is 5.97. The highest BCUT2D eigenvalue weighted by Gasteiger charge is 2.66. The molecule has 22 nitrogen and oxygen atoms in total. The minimum absolute atomic E-state index is 0. The molecule has 83 heavy (non-hydrogen) atoms. The molecule has 0 spiro atoms. The highest BCUT2D eigenvalue weighted by Crippen LogP contribution is 2.69. The smallest absolute Gasteiger partial charge is 0.302 e. The molecule has 0 bridgehead atoms. The Morgan fingerprint density at radius 2 is 1.29 bits per heavy atom. The van der Waals surface area contributed by atoms with Gasteiger partial charge in [0.25, 0.3) is 0 Å². The number of hydrogen-bond acceptors (Lipinski definition) is 15. The van der Waals surface area contributed by atoms with E-state index >= 15 is 0 Å². The summed E-state index contributed by atoms with van der Waals surface area (Å²) in [4.78, 5) is 107. The van der Waals surface area contributed by atoms with Crippen LogP contribution in [0.5, 0.6) is 0 Å². The van der Waals surface area contributed by atoms with Gasteiger partial charge in [-0.1, -0.05) is 92.6 Å². The number of nitrogens with one attached hydrogen (secondary N) is 8. The number of fused-ring (bicyclic) bond motifs is 5. The summed E-state index contributed by atoms with van der Waals surface area (Å²) in [7, 11) is 1.51. The molecule has 4 saturated carbocycles. The first-order chi connectivity index (χ1) is 38.7. The largest absolute Gasteiger partial charge is 0.462 e. The zero-order valence-electron chi connectivity index (χ0n) is 50.4. The normalized spacial score (nSPS) is 34.9. The summed E-state index contributed by atoms with van der Waals surface area (Å²) in [5.41, 5.74) is 18.7. The van der Waals surface area contributed by atoms with Crippen LogP contribution < -0.4 is 59.7 Å². The summed E-state index contributed by atoms with van der Waals surface area (Å²) in [5, 5.41) is 41.7. The summed E-state index contributed by atoms with van der Waals surface area (Å²) < 4.78 is 6.14. The number of rotatable bonds is 12. The highest BCUT2D eigenvalue weighted by atomic mass is 16.5. The Hall–Kier alpha value is -5.26. The Bertz CT molecular complexity index is 2340. The average molecular weight is 1170 g/mol. The Kier molecular flexibility index (Phi) is 26.4. The van der Waals surface area contributed by atoms with E-state index < -0.39 is 102 Å². The standard InChI is InChI=1S/C35H59N11O8.C25H42O3.CH4/c1-5-19(2)27-35(54)42-24(12-15-37)31(50)44-26(18-38)33(52)46-28(20(3)47)34(53)40-16-13-22(39-4)29(48)41-23(11-14-36)30(49)43-25(32(51)45-27)17-21-9-7-6-8-10-21;1-15(26)28-22-14-20-18(8-7-16-13-17(27)11-12-24(16,20)5)19-9-10-21(23(2,3)4)25(19,22)6;/h6-10,19-20,22-28,39,47H,5,11-18,36-38H2,1-4H3,(H,40,53)(H,41,48)(H,42,54)(H,43,49)(H,44,50)(H,45,51)(H,46,52);16-22,27H,7-14H2,1-6H3;1H4. The van der Waals surface area contributed by atoms with Gasteiger partial charge in [0.15, 0.2) is 0 Å². The van der Waals surface area contributed by atoms with E-state index in [1.807, 2.05) is 6.92 Å². The van der Waals surface area contributed by atoms with Crippen LogP contribution in [0.1, 0.15) is 152 Å². The number of aliphatic hydroxyl groups excluding tert-OH is 2. The second kappa shape index (κ2) is 31.2. The first kappa shape index (κ1) is 70.2. The Labute approximate surface area is 493 Å². The number of amides is 7. The van der Waals surface area contributed by atoms with Crippen LogP contribution >= 0.6 is 0 Å². The first-order valence-corrected chi connectivity index (χ1v) is 30.1. The molecule has 7 amide bonds. The third-order valence-corrected chi connectivity index (χ3v) is 19.3. The molecule has 22 heteroatoms. The number of ether oxygens (including phenoxy) is 1.